The van der Waals surface area contributed by atoms with Gasteiger partial charge < -0.3 is 4.90 Å². The first kappa shape index (κ1) is 19.1. The van der Waals surface area contributed by atoms with Crippen LogP contribution in [0, 0.1) is 0 Å². The van der Waals surface area contributed by atoms with E-state index in [0.29, 0.717) is 36.1 Å². The van der Waals surface area contributed by atoms with E-state index in [1.165, 1.54) is 4.57 Å². The highest BCUT2D eigenvalue weighted by Crippen LogP contribution is 2.33. The van der Waals surface area contributed by atoms with Crippen LogP contribution in [-0.2, 0) is 13.2 Å². The van der Waals surface area contributed by atoms with Gasteiger partial charge in [-0.25, -0.2) is 4.98 Å². The van der Waals surface area contributed by atoms with Crippen LogP contribution in [0.2, 0.25) is 0 Å². The van der Waals surface area contributed by atoms with Gasteiger partial charge in [0.05, 0.1) is 22.5 Å². The van der Waals surface area contributed by atoms with Gasteiger partial charge in [0.25, 0.3) is 11.5 Å². The summed E-state index contributed by atoms with van der Waals surface area (Å²) in [6.07, 6.45) is -2.32. The molecule has 1 aromatic carbocycles. The highest BCUT2D eigenvalue weighted by Gasteiger charge is 2.35. The van der Waals surface area contributed by atoms with Crippen LogP contribution in [0.25, 0.3) is 10.9 Å². The molecule has 1 saturated heterocycles. The van der Waals surface area contributed by atoms with E-state index in [-0.39, 0.29) is 11.1 Å². The zero-order chi connectivity index (χ0) is 20.8. The summed E-state index contributed by atoms with van der Waals surface area (Å²) in [6, 6.07) is 8.45. The Kier molecular flexibility index (Phi) is 4.60. The Balaban J connectivity index is 1.69. The number of amides is 1. The second kappa shape index (κ2) is 6.98. The van der Waals surface area contributed by atoms with Gasteiger partial charge >= 0.3 is 6.18 Å². The molecule has 0 aliphatic carbocycles. The van der Waals surface area contributed by atoms with Gasteiger partial charge in [-0.15, -0.1) is 0 Å². The summed E-state index contributed by atoms with van der Waals surface area (Å²) < 4.78 is 39.6. The smallest absolute Gasteiger partial charge is 0.328 e. The maximum Gasteiger partial charge on any atom is 0.433 e. The van der Waals surface area contributed by atoms with Crippen molar-refractivity contribution >= 4 is 16.8 Å². The molecule has 1 amide bonds. The maximum atomic E-state index is 12.9. The molecule has 0 saturated carbocycles. The summed E-state index contributed by atoms with van der Waals surface area (Å²) in [5.41, 5.74) is -0.650. The third kappa shape index (κ3) is 3.37. The van der Waals surface area contributed by atoms with Crippen LogP contribution in [0.3, 0.4) is 0 Å². The number of alkyl halides is 3. The molecule has 1 aliphatic rings. The molecule has 3 heterocycles. The quantitative estimate of drug-likeness (QED) is 0.660. The zero-order valence-corrected chi connectivity index (χ0v) is 15.5. The summed E-state index contributed by atoms with van der Waals surface area (Å²) in [6.45, 7) is 0.424. The van der Waals surface area contributed by atoms with Crippen molar-refractivity contribution in [2.75, 3.05) is 6.54 Å². The highest BCUT2D eigenvalue weighted by atomic mass is 19.4. The number of hydrogen-bond acceptors (Lipinski definition) is 4. The van der Waals surface area contributed by atoms with Crippen LogP contribution < -0.4 is 5.56 Å². The van der Waals surface area contributed by atoms with Gasteiger partial charge in [-0.3, -0.25) is 19.1 Å². The van der Waals surface area contributed by atoms with Crippen LogP contribution in [0.4, 0.5) is 13.2 Å². The standard InChI is InChI=1S/C20H17F3N4O2/c1-26-17(25-14-6-3-2-5-13(14)19(26)29)15-7-4-10-27(15)18(28)12-8-9-16(24-11-12)20(21,22)23/h2-3,5-6,8-9,11,15H,4,7,10H2,1H3. The molecular formula is C20H17F3N4O2. The van der Waals surface area contributed by atoms with Gasteiger partial charge in [0.15, 0.2) is 0 Å². The Morgan fingerprint density at radius 3 is 2.62 bits per heavy atom. The number of benzene rings is 1. The van der Waals surface area contributed by atoms with E-state index in [1.807, 2.05) is 0 Å². The lowest BCUT2D eigenvalue weighted by molar-refractivity contribution is -0.141. The minimum absolute atomic E-state index is 0.0655. The van der Waals surface area contributed by atoms with E-state index in [9.17, 15) is 22.8 Å². The van der Waals surface area contributed by atoms with Crippen molar-refractivity contribution in [2.24, 2.45) is 7.05 Å². The van der Waals surface area contributed by atoms with Crippen molar-refractivity contribution < 1.29 is 18.0 Å². The molecule has 1 aliphatic heterocycles. The topological polar surface area (TPSA) is 68.1 Å². The number of hydrogen-bond donors (Lipinski definition) is 0. The van der Waals surface area contributed by atoms with Gasteiger partial charge in [0, 0.05) is 19.8 Å². The van der Waals surface area contributed by atoms with E-state index in [1.54, 1.807) is 36.2 Å². The highest BCUT2D eigenvalue weighted by molar-refractivity contribution is 5.94. The van der Waals surface area contributed by atoms with Crippen LogP contribution in [0.1, 0.15) is 40.8 Å². The average Bonchev–Trinajstić information content (AvgIpc) is 3.19. The van der Waals surface area contributed by atoms with Crippen molar-refractivity contribution in [1.82, 2.24) is 19.4 Å². The lowest BCUT2D eigenvalue weighted by Crippen LogP contribution is -2.35. The van der Waals surface area contributed by atoms with Crippen LogP contribution in [0.5, 0.6) is 0 Å². The lowest BCUT2D eigenvalue weighted by Gasteiger charge is -2.26. The maximum absolute atomic E-state index is 12.9. The Labute approximate surface area is 163 Å². The third-order valence-corrected chi connectivity index (χ3v) is 5.13. The number of likely N-dealkylation sites (tertiary alicyclic amines) is 1. The normalized spacial score (nSPS) is 17.1. The molecule has 1 unspecified atom stereocenters. The number of pyridine rings is 1. The molecule has 4 rings (SSSR count). The molecule has 3 aromatic rings. The van der Waals surface area contributed by atoms with Gasteiger partial charge in [-0.05, 0) is 37.1 Å². The Morgan fingerprint density at radius 2 is 1.93 bits per heavy atom. The first-order valence-corrected chi connectivity index (χ1v) is 9.07. The molecule has 2 aromatic heterocycles. The molecule has 150 valence electrons. The second-order valence-corrected chi connectivity index (χ2v) is 6.94. The number of para-hydroxylation sites is 1. The molecule has 9 heteroatoms. The van der Waals surface area contributed by atoms with Crippen molar-refractivity contribution in [2.45, 2.75) is 25.1 Å². The van der Waals surface area contributed by atoms with E-state index >= 15 is 0 Å². The van der Waals surface area contributed by atoms with Gasteiger partial charge in [0.2, 0.25) is 0 Å². The molecule has 0 bridgehead atoms. The predicted octanol–water partition coefficient (Wildman–Crippen LogP) is 3.32. The SMILES string of the molecule is Cn1c(C2CCCN2C(=O)c2ccc(C(F)(F)F)nc2)nc2ccccc2c1=O. The fraction of sp³-hybridized carbons (Fsp3) is 0.300. The Morgan fingerprint density at radius 1 is 1.17 bits per heavy atom. The van der Waals surface area contributed by atoms with Crippen LogP contribution >= 0.6 is 0 Å². The first-order valence-electron chi connectivity index (χ1n) is 9.07. The zero-order valence-electron chi connectivity index (χ0n) is 15.5. The van der Waals surface area contributed by atoms with E-state index in [0.717, 1.165) is 18.3 Å². The molecule has 1 atom stereocenters. The predicted molar refractivity (Wildman–Crippen MR) is 99.2 cm³/mol. The summed E-state index contributed by atoms with van der Waals surface area (Å²) in [5, 5.41) is 0.488. The summed E-state index contributed by atoms with van der Waals surface area (Å²) in [4.78, 5) is 35.1. The Hall–Kier alpha value is -3.23. The summed E-state index contributed by atoms with van der Waals surface area (Å²) in [5.74, 6) is 0.0237. The fourth-order valence-electron chi connectivity index (χ4n) is 3.67. The molecule has 0 N–H and O–H groups in total. The van der Waals surface area contributed by atoms with Crippen LogP contribution in [-0.4, -0.2) is 31.9 Å². The number of nitrogens with zero attached hydrogens (tertiary/aromatic N) is 4. The van der Waals surface area contributed by atoms with Gasteiger partial charge in [-0.1, -0.05) is 12.1 Å². The number of aromatic nitrogens is 3. The van der Waals surface area contributed by atoms with Crippen molar-refractivity contribution in [3.05, 3.63) is 70.0 Å². The fourth-order valence-corrected chi connectivity index (χ4v) is 3.67. The van der Waals surface area contributed by atoms with Crippen molar-refractivity contribution in [3.8, 4) is 0 Å². The molecule has 0 radical (unpaired) electrons. The number of carbonyl (C=O) groups excluding carboxylic acids is 1. The van der Waals surface area contributed by atoms with Gasteiger partial charge in [-0.2, -0.15) is 13.2 Å². The average molecular weight is 402 g/mol. The Bertz CT molecular complexity index is 1140. The molecule has 29 heavy (non-hydrogen) atoms. The molecule has 6 nitrogen and oxygen atoms in total. The largest absolute Gasteiger partial charge is 0.433 e. The minimum Gasteiger partial charge on any atom is -0.328 e. The summed E-state index contributed by atoms with van der Waals surface area (Å²) in [7, 11) is 1.61. The van der Waals surface area contributed by atoms with E-state index in [2.05, 4.69) is 9.97 Å². The first-order chi connectivity index (χ1) is 13.8. The van der Waals surface area contributed by atoms with Crippen molar-refractivity contribution in [1.29, 1.82) is 0 Å². The van der Waals surface area contributed by atoms with E-state index < -0.39 is 23.8 Å². The van der Waals surface area contributed by atoms with E-state index in [4.69, 9.17) is 0 Å². The number of halogens is 3. The summed E-state index contributed by atoms with van der Waals surface area (Å²) >= 11 is 0. The monoisotopic (exact) mass is 402 g/mol. The third-order valence-electron chi connectivity index (χ3n) is 5.13. The number of fused-ring (bicyclic) bond motifs is 1. The molecular weight excluding hydrogens is 385 g/mol. The molecule has 1 fully saturated rings. The van der Waals surface area contributed by atoms with Crippen LogP contribution in [0.15, 0.2) is 47.4 Å². The lowest BCUT2D eigenvalue weighted by atomic mass is 10.1. The number of rotatable bonds is 2. The van der Waals surface area contributed by atoms with Crippen molar-refractivity contribution in [3.63, 3.8) is 0 Å². The number of carbonyl (C=O) groups is 1. The minimum atomic E-state index is -4.56. The van der Waals surface area contributed by atoms with Gasteiger partial charge in [0.1, 0.15) is 11.5 Å². The second-order valence-electron chi connectivity index (χ2n) is 6.94. The molecule has 0 spiro atoms.